The number of ether oxygens (including phenoxy) is 3. The minimum atomic E-state index is -0.727. The van der Waals surface area contributed by atoms with Crippen LogP contribution in [0.1, 0.15) is 12.5 Å². The molecule has 0 unspecified atom stereocenters. The number of rotatable bonds is 10. The zero-order valence-electron chi connectivity index (χ0n) is 16.6. The Labute approximate surface area is 173 Å². The van der Waals surface area contributed by atoms with Crippen molar-refractivity contribution in [2.75, 3.05) is 36.2 Å². The van der Waals surface area contributed by atoms with Crippen LogP contribution in [-0.4, -0.2) is 35.9 Å². The van der Waals surface area contributed by atoms with Gasteiger partial charge in [-0.2, -0.15) is 9.97 Å². The Bertz CT molecular complexity index is 922. The predicted octanol–water partition coefficient (Wildman–Crippen LogP) is 3.07. The van der Waals surface area contributed by atoms with Gasteiger partial charge < -0.3 is 25.7 Å². The molecule has 4 N–H and O–H groups in total. The van der Waals surface area contributed by atoms with Gasteiger partial charge in [-0.05, 0) is 24.6 Å². The van der Waals surface area contributed by atoms with Gasteiger partial charge in [0.25, 0.3) is 0 Å². The normalized spacial score (nSPS) is 10.2. The molecule has 0 saturated carbocycles. The molecule has 0 aliphatic heterocycles. The van der Waals surface area contributed by atoms with Gasteiger partial charge in [0.1, 0.15) is 18.9 Å². The third kappa shape index (κ3) is 5.60. The number of halogens is 1. The highest BCUT2D eigenvalue weighted by Crippen LogP contribution is 2.30. The minimum Gasteiger partial charge on any atom is -0.486 e. The van der Waals surface area contributed by atoms with Crippen LogP contribution in [0.25, 0.3) is 0 Å². The van der Waals surface area contributed by atoms with Crippen molar-refractivity contribution in [1.82, 2.24) is 9.97 Å². The summed E-state index contributed by atoms with van der Waals surface area (Å²) in [6.45, 7) is 9.06. The third-order valence-electron chi connectivity index (χ3n) is 3.70. The van der Waals surface area contributed by atoms with Gasteiger partial charge in [0.2, 0.25) is 0 Å². The predicted molar refractivity (Wildman–Crippen MR) is 112 cm³/mol. The van der Waals surface area contributed by atoms with Crippen LogP contribution >= 0.6 is 0 Å². The van der Waals surface area contributed by atoms with Crippen LogP contribution in [0.2, 0.25) is 0 Å². The molecule has 160 valence electrons. The van der Waals surface area contributed by atoms with Crippen LogP contribution in [0, 0.1) is 5.82 Å². The molecule has 1 amide bonds. The summed E-state index contributed by atoms with van der Waals surface area (Å²) in [7, 11) is 0. The monoisotopic (exact) mass is 417 g/mol. The molecule has 10 heteroatoms. The fourth-order valence-corrected chi connectivity index (χ4v) is 2.37. The summed E-state index contributed by atoms with van der Waals surface area (Å²) in [5, 5.41) is 0. The quantitative estimate of drug-likeness (QED) is 0.565. The standard InChI is InChI=1S/C20H24FN5O4/c1-4-9-29-15-11-13(7-8-14(15)21)12-26(20(27)28-6-3)18-16(22)17(23)24-19(25-18)30-10-5-2/h4-5,7-8,11H,1-2,6,9-10,12,22H2,3H3,(H2,23,24,25). The van der Waals surface area contributed by atoms with Crippen molar-refractivity contribution in [1.29, 1.82) is 0 Å². The molecule has 0 aliphatic rings. The molecule has 0 bridgehead atoms. The van der Waals surface area contributed by atoms with Gasteiger partial charge in [-0.25, -0.2) is 9.18 Å². The van der Waals surface area contributed by atoms with Crippen LogP contribution in [-0.2, 0) is 11.3 Å². The van der Waals surface area contributed by atoms with Crippen LogP contribution < -0.4 is 25.8 Å². The smallest absolute Gasteiger partial charge is 0.415 e. The topological polar surface area (TPSA) is 126 Å². The summed E-state index contributed by atoms with van der Waals surface area (Å²) in [6, 6.07) is 4.10. The van der Waals surface area contributed by atoms with E-state index in [4.69, 9.17) is 25.7 Å². The number of nitrogen functional groups attached to an aromatic ring is 2. The van der Waals surface area contributed by atoms with Gasteiger partial charge in [-0.15, -0.1) is 0 Å². The first-order chi connectivity index (χ1) is 14.4. The maximum Gasteiger partial charge on any atom is 0.415 e. The number of amides is 1. The van der Waals surface area contributed by atoms with Crippen molar-refractivity contribution >= 4 is 23.4 Å². The van der Waals surface area contributed by atoms with E-state index in [1.54, 1.807) is 6.92 Å². The molecule has 1 heterocycles. The Morgan fingerprint density at radius 3 is 2.57 bits per heavy atom. The van der Waals surface area contributed by atoms with E-state index in [9.17, 15) is 9.18 Å². The molecular formula is C20H24FN5O4. The van der Waals surface area contributed by atoms with Gasteiger partial charge in [0.15, 0.2) is 23.2 Å². The lowest BCUT2D eigenvalue weighted by molar-refractivity contribution is 0.159. The van der Waals surface area contributed by atoms with Crippen molar-refractivity contribution in [2.45, 2.75) is 13.5 Å². The average Bonchev–Trinajstić information content (AvgIpc) is 2.73. The lowest BCUT2D eigenvalue weighted by Gasteiger charge is -2.23. The van der Waals surface area contributed by atoms with Crippen molar-refractivity contribution < 1.29 is 23.4 Å². The molecular weight excluding hydrogens is 393 g/mol. The molecule has 1 aromatic heterocycles. The number of aromatic nitrogens is 2. The molecule has 1 aromatic carbocycles. The highest BCUT2D eigenvalue weighted by Gasteiger charge is 2.25. The highest BCUT2D eigenvalue weighted by atomic mass is 19.1. The van der Waals surface area contributed by atoms with E-state index < -0.39 is 11.9 Å². The summed E-state index contributed by atoms with van der Waals surface area (Å²) >= 11 is 0. The van der Waals surface area contributed by atoms with E-state index in [-0.39, 0.29) is 55.4 Å². The van der Waals surface area contributed by atoms with Gasteiger partial charge in [-0.3, -0.25) is 4.90 Å². The Morgan fingerprint density at radius 1 is 1.20 bits per heavy atom. The zero-order chi connectivity index (χ0) is 22.1. The average molecular weight is 417 g/mol. The Morgan fingerprint density at radius 2 is 1.90 bits per heavy atom. The van der Waals surface area contributed by atoms with Crippen molar-refractivity contribution in [3.63, 3.8) is 0 Å². The summed E-state index contributed by atoms with van der Waals surface area (Å²) < 4.78 is 29.7. The Kier molecular flexibility index (Phi) is 7.98. The molecule has 0 radical (unpaired) electrons. The maximum absolute atomic E-state index is 14.0. The maximum atomic E-state index is 14.0. The first-order valence-corrected chi connectivity index (χ1v) is 9.04. The summed E-state index contributed by atoms with van der Waals surface area (Å²) in [6.07, 6.45) is 2.27. The number of hydrogen-bond donors (Lipinski definition) is 2. The molecule has 0 aliphatic carbocycles. The number of carbonyl (C=O) groups excluding carboxylic acids is 1. The Balaban J connectivity index is 2.45. The SMILES string of the molecule is C=CCOc1nc(N)c(N)c(N(Cc2ccc(F)c(OCC=C)c2)C(=O)OCC)n1. The van der Waals surface area contributed by atoms with E-state index in [1.165, 1.54) is 30.4 Å². The van der Waals surface area contributed by atoms with Crippen LogP contribution in [0.5, 0.6) is 11.8 Å². The molecule has 30 heavy (non-hydrogen) atoms. The Hall–Kier alpha value is -3.82. The summed E-state index contributed by atoms with van der Waals surface area (Å²) in [5.41, 5.74) is 12.4. The van der Waals surface area contributed by atoms with Crippen LogP contribution in [0.15, 0.2) is 43.5 Å². The number of nitrogens with zero attached hydrogens (tertiary/aromatic N) is 3. The fourth-order valence-electron chi connectivity index (χ4n) is 2.37. The van der Waals surface area contributed by atoms with Crippen molar-refractivity contribution in [3.05, 3.63) is 54.9 Å². The number of nitrogens with two attached hydrogens (primary N) is 2. The number of benzene rings is 1. The zero-order valence-corrected chi connectivity index (χ0v) is 16.6. The van der Waals surface area contributed by atoms with Crippen molar-refractivity contribution in [3.8, 4) is 11.8 Å². The largest absolute Gasteiger partial charge is 0.486 e. The van der Waals surface area contributed by atoms with Gasteiger partial charge in [0, 0.05) is 0 Å². The van der Waals surface area contributed by atoms with E-state index in [1.807, 2.05) is 0 Å². The van der Waals surface area contributed by atoms with Gasteiger partial charge in [0.05, 0.1) is 13.2 Å². The minimum absolute atomic E-state index is 0.00195. The lowest BCUT2D eigenvalue weighted by atomic mass is 10.2. The second-order valence-electron chi connectivity index (χ2n) is 5.88. The first-order valence-electron chi connectivity index (χ1n) is 9.04. The van der Waals surface area contributed by atoms with Gasteiger partial charge in [-0.1, -0.05) is 31.4 Å². The van der Waals surface area contributed by atoms with E-state index in [2.05, 4.69) is 23.1 Å². The molecule has 9 nitrogen and oxygen atoms in total. The third-order valence-corrected chi connectivity index (χ3v) is 3.70. The highest BCUT2D eigenvalue weighted by molar-refractivity contribution is 5.92. The molecule has 0 atom stereocenters. The molecule has 0 spiro atoms. The van der Waals surface area contributed by atoms with Crippen LogP contribution in [0.3, 0.4) is 0 Å². The molecule has 2 aromatic rings. The lowest BCUT2D eigenvalue weighted by Crippen LogP contribution is -2.33. The molecule has 0 saturated heterocycles. The molecule has 0 fully saturated rings. The summed E-state index contributed by atoms with van der Waals surface area (Å²) in [5.74, 6) is -0.601. The second kappa shape index (κ2) is 10.6. The summed E-state index contributed by atoms with van der Waals surface area (Å²) in [4.78, 5) is 21.9. The van der Waals surface area contributed by atoms with Crippen molar-refractivity contribution in [2.24, 2.45) is 0 Å². The number of anilines is 3. The number of carbonyl (C=O) groups is 1. The molecule has 2 rings (SSSR count). The van der Waals surface area contributed by atoms with E-state index >= 15 is 0 Å². The first kappa shape index (κ1) is 22.5. The van der Waals surface area contributed by atoms with E-state index in [0.29, 0.717) is 5.56 Å². The van der Waals surface area contributed by atoms with E-state index in [0.717, 1.165) is 4.90 Å². The second-order valence-corrected chi connectivity index (χ2v) is 5.88. The number of hydrogen-bond acceptors (Lipinski definition) is 8. The fraction of sp³-hybridized carbons (Fsp3) is 0.250. The van der Waals surface area contributed by atoms with Gasteiger partial charge >= 0.3 is 12.1 Å². The van der Waals surface area contributed by atoms with Crippen LogP contribution in [0.4, 0.5) is 26.5 Å².